The zero-order valence-corrected chi connectivity index (χ0v) is 13.4. The van der Waals surface area contributed by atoms with Crippen molar-refractivity contribution in [2.75, 3.05) is 6.54 Å². The molecule has 3 aromatic rings. The van der Waals surface area contributed by atoms with Crippen LogP contribution in [-0.4, -0.2) is 11.5 Å². The van der Waals surface area contributed by atoms with Gasteiger partial charge in [0, 0.05) is 23.3 Å². The van der Waals surface area contributed by atoms with Gasteiger partial charge in [-0.25, -0.2) is 0 Å². The summed E-state index contributed by atoms with van der Waals surface area (Å²) >= 11 is 3.49. The van der Waals surface area contributed by atoms with E-state index in [0.717, 1.165) is 28.6 Å². The minimum Gasteiger partial charge on any atom is -0.457 e. The Morgan fingerprint density at radius 3 is 2.81 bits per heavy atom. The lowest BCUT2D eigenvalue weighted by atomic mass is 9.97. The first-order valence-corrected chi connectivity index (χ1v) is 7.89. The largest absolute Gasteiger partial charge is 0.457 e. The summed E-state index contributed by atoms with van der Waals surface area (Å²) in [6, 6.07) is 10.4. The van der Waals surface area contributed by atoms with Crippen LogP contribution in [-0.2, 0) is 0 Å². The Morgan fingerprint density at radius 2 is 2.05 bits per heavy atom. The van der Waals surface area contributed by atoms with Crippen LogP contribution in [0.5, 0.6) is 0 Å². The van der Waals surface area contributed by atoms with Crippen LogP contribution in [0.3, 0.4) is 0 Å². The van der Waals surface area contributed by atoms with Gasteiger partial charge in [0.1, 0.15) is 0 Å². The molecule has 0 spiro atoms. The van der Waals surface area contributed by atoms with Crippen LogP contribution in [0.15, 0.2) is 58.1 Å². The van der Waals surface area contributed by atoms with Gasteiger partial charge in [-0.1, -0.05) is 31.2 Å². The number of furan rings is 1. The van der Waals surface area contributed by atoms with E-state index in [0.29, 0.717) is 0 Å². The predicted molar refractivity (Wildman–Crippen MR) is 88.3 cm³/mol. The Labute approximate surface area is 132 Å². The monoisotopic (exact) mass is 344 g/mol. The van der Waals surface area contributed by atoms with Gasteiger partial charge in [-0.2, -0.15) is 0 Å². The Kier molecular flexibility index (Phi) is 4.36. The summed E-state index contributed by atoms with van der Waals surface area (Å²) in [6.45, 7) is 3.10. The summed E-state index contributed by atoms with van der Waals surface area (Å²) in [5, 5.41) is 5.96. The van der Waals surface area contributed by atoms with Gasteiger partial charge in [0.15, 0.2) is 4.67 Å². The van der Waals surface area contributed by atoms with Gasteiger partial charge in [0.2, 0.25) is 0 Å². The molecule has 21 heavy (non-hydrogen) atoms. The predicted octanol–water partition coefficient (Wildman–Crippen LogP) is 4.68. The van der Waals surface area contributed by atoms with E-state index in [4.69, 9.17) is 4.42 Å². The van der Waals surface area contributed by atoms with Crippen molar-refractivity contribution in [3.8, 4) is 0 Å². The second-order valence-electron chi connectivity index (χ2n) is 4.99. The molecular formula is C17H17BrN2O. The molecule has 0 aliphatic carbocycles. The minimum absolute atomic E-state index is 0.0664. The number of nitrogens with one attached hydrogen (secondary N) is 1. The van der Waals surface area contributed by atoms with E-state index < -0.39 is 0 Å². The quantitative estimate of drug-likeness (QED) is 0.730. The summed E-state index contributed by atoms with van der Waals surface area (Å²) in [6.07, 6.45) is 6.62. The van der Waals surface area contributed by atoms with Gasteiger partial charge >= 0.3 is 0 Å². The molecule has 0 radical (unpaired) electrons. The van der Waals surface area contributed by atoms with Crippen LogP contribution < -0.4 is 5.32 Å². The summed E-state index contributed by atoms with van der Waals surface area (Å²) in [4.78, 5) is 4.40. The molecule has 3 rings (SSSR count). The van der Waals surface area contributed by atoms with Crippen LogP contribution in [0, 0.1) is 0 Å². The molecule has 0 bridgehead atoms. The number of aromatic nitrogens is 1. The molecule has 1 atom stereocenters. The van der Waals surface area contributed by atoms with Gasteiger partial charge < -0.3 is 9.73 Å². The maximum Gasteiger partial charge on any atom is 0.174 e. The average Bonchev–Trinajstić information content (AvgIpc) is 2.94. The molecule has 2 aromatic heterocycles. The molecule has 108 valence electrons. The summed E-state index contributed by atoms with van der Waals surface area (Å²) in [5.74, 6) is 0. The van der Waals surface area contributed by atoms with E-state index >= 15 is 0 Å². The Hall–Kier alpha value is -1.65. The molecule has 4 heteroatoms. The van der Waals surface area contributed by atoms with Crippen molar-refractivity contribution >= 4 is 26.7 Å². The maximum atomic E-state index is 5.42. The number of pyridine rings is 1. The fraction of sp³-hybridized carbons (Fsp3) is 0.235. The molecule has 0 saturated heterocycles. The highest BCUT2D eigenvalue weighted by Gasteiger charge is 2.20. The molecule has 0 aliphatic rings. The first-order chi connectivity index (χ1) is 10.3. The molecule has 0 fully saturated rings. The van der Waals surface area contributed by atoms with E-state index in [1.165, 1.54) is 10.9 Å². The molecule has 1 aromatic carbocycles. The molecular weight excluding hydrogens is 328 g/mol. The van der Waals surface area contributed by atoms with Gasteiger partial charge in [0.05, 0.1) is 12.3 Å². The highest BCUT2D eigenvalue weighted by atomic mass is 79.9. The topological polar surface area (TPSA) is 38.1 Å². The zero-order valence-electron chi connectivity index (χ0n) is 11.8. The molecule has 0 aliphatic heterocycles. The smallest absolute Gasteiger partial charge is 0.174 e. The molecule has 1 unspecified atom stereocenters. The van der Waals surface area contributed by atoms with Crippen LogP contribution in [0.25, 0.3) is 10.8 Å². The molecule has 2 heterocycles. The Morgan fingerprint density at radius 1 is 1.19 bits per heavy atom. The number of fused-ring (bicyclic) bond motifs is 1. The molecule has 1 N–H and O–H groups in total. The Bertz CT molecular complexity index is 733. The van der Waals surface area contributed by atoms with Crippen molar-refractivity contribution in [3.63, 3.8) is 0 Å². The molecule has 0 saturated carbocycles. The van der Waals surface area contributed by atoms with E-state index in [2.05, 4.69) is 51.4 Å². The van der Waals surface area contributed by atoms with Gasteiger partial charge in [0.25, 0.3) is 0 Å². The van der Waals surface area contributed by atoms with E-state index in [1.54, 1.807) is 6.26 Å². The number of hydrogen-bond acceptors (Lipinski definition) is 3. The van der Waals surface area contributed by atoms with Crippen molar-refractivity contribution in [1.82, 2.24) is 10.3 Å². The lowest BCUT2D eigenvalue weighted by Gasteiger charge is -2.19. The van der Waals surface area contributed by atoms with Crippen molar-refractivity contribution in [2.24, 2.45) is 0 Å². The first-order valence-electron chi connectivity index (χ1n) is 7.10. The minimum atomic E-state index is 0.0664. The standard InChI is InChI=1S/C17H17BrN2O/c1-2-8-20-16(14-7-9-21-17(14)18)15-11-19-10-12-5-3-4-6-13(12)15/h3-7,9-11,16,20H,2,8H2,1H3. The SMILES string of the molecule is CCCNC(c1ccoc1Br)c1cncc2ccccc12. The van der Waals surface area contributed by atoms with Gasteiger partial charge in [-0.3, -0.25) is 4.98 Å². The fourth-order valence-corrected chi connectivity index (χ4v) is 3.03. The van der Waals surface area contributed by atoms with E-state index in [9.17, 15) is 0 Å². The summed E-state index contributed by atoms with van der Waals surface area (Å²) < 4.78 is 6.18. The molecule has 3 nitrogen and oxygen atoms in total. The van der Waals surface area contributed by atoms with Crippen molar-refractivity contribution < 1.29 is 4.42 Å². The van der Waals surface area contributed by atoms with E-state index in [1.807, 2.05) is 24.5 Å². The van der Waals surface area contributed by atoms with Crippen LogP contribution in [0.2, 0.25) is 0 Å². The second kappa shape index (κ2) is 6.41. The molecule has 0 amide bonds. The fourth-order valence-electron chi connectivity index (χ4n) is 2.56. The lowest BCUT2D eigenvalue weighted by Crippen LogP contribution is -2.23. The maximum absolute atomic E-state index is 5.42. The third-order valence-corrected chi connectivity index (χ3v) is 4.21. The third-order valence-electron chi connectivity index (χ3n) is 3.57. The zero-order chi connectivity index (χ0) is 14.7. The van der Waals surface area contributed by atoms with Gasteiger partial charge in [-0.15, -0.1) is 0 Å². The van der Waals surface area contributed by atoms with Crippen LogP contribution in [0.1, 0.15) is 30.5 Å². The lowest BCUT2D eigenvalue weighted by molar-refractivity contribution is 0.524. The number of benzene rings is 1. The van der Waals surface area contributed by atoms with Crippen molar-refractivity contribution in [3.05, 3.63) is 64.8 Å². The van der Waals surface area contributed by atoms with Crippen LogP contribution >= 0.6 is 15.9 Å². The number of nitrogens with zero attached hydrogens (tertiary/aromatic N) is 1. The average molecular weight is 345 g/mol. The van der Waals surface area contributed by atoms with Crippen molar-refractivity contribution in [1.29, 1.82) is 0 Å². The highest BCUT2D eigenvalue weighted by molar-refractivity contribution is 9.10. The van der Waals surface area contributed by atoms with Crippen molar-refractivity contribution in [2.45, 2.75) is 19.4 Å². The summed E-state index contributed by atoms with van der Waals surface area (Å²) in [5.41, 5.74) is 2.27. The number of rotatable bonds is 5. The summed E-state index contributed by atoms with van der Waals surface area (Å²) in [7, 11) is 0. The normalized spacial score (nSPS) is 12.7. The highest BCUT2D eigenvalue weighted by Crippen LogP contribution is 2.32. The third kappa shape index (κ3) is 2.87. The Balaban J connectivity index is 2.12. The van der Waals surface area contributed by atoms with Crippen LogP contribution in [0.4, 0.5) is 0 Å². The first kappa shape index (κ1) is 14.3. The number of hydrogen-bond donors (Lipinski definition) is 1. The number of halogens is 1. The van der Waals surface area contributed by atoms with E-state index in [-0.39, 0.29) is 6.04 Å². The second-order valence-corrected chi connectivity index (χ2v) is 5.71. The van der Waals surface area contributed by atoms with Gasteiger partial charge in [-0.05, 0) is 45.9 Å².